The largest absolute Gasteiger partial charge is 0.338 e. The SMILES string of the molecule is c1ccc2c(c1)Sc1ccccc1N2CCN1CCCCCC1. The lowest BCUT2D eigenvalue weighted by atomic mass is 10.2. The van der Waals surface area contributed by atoms with E-state index in [9.17, 15) is 0 Å². The van der Waals surface area contributed by atoms with Crippen LogP contribution in [0.1, 0.15) is 25.7 Å². The third-order valence-corrected chi connectivity index (χ3v) is 6.00. The minimum atomic E-state index is 1.08. The molecular weight excluding hydrogens is 300 g/mol. The highest BCUT2D eigenvalue weighted by Crippen LogP contribution is 2.47. The molecule has 3 heteroatoms. The summed E-state index contributed by atoms with van der Waals surface area (Å²) in [5, 5.41) is 0. The first kappa shape index (κ1) is 15.1. The maximum atomic E-state index is 2.65. The van der Waals surface area contributed by atoms with E-state index in [0.717, 1.165) is 13.1 Å². The van der Waals surface area contributed by atoms with E-state index in [2.05, 4.69) is 58.3 Å². The fourth-order valence-electron chi connectivity index (χ4n) is 3.62. The number of benzene rings is 2. The van der Waals surface area contributed by atoms with Crippen molar-refractivity contribution in [2.45, 2.75) is 35.5 Å². The predicted octanol–water partition coefficient (Wildman–Crippen LogP) is 5.17. The van der Waals surface area contributed by atoms with Crippen LogP contribution in [0.4, 0.5) is 11.4 Å². The first-order valence-corrected chi connectivity index (χ1v) is 9.59. The highest BCUT2D eigenvalue weighted by Gasteiger charge is 2.23. The second-order valence-corrected chi connectivity index (χ2v) is 7.53. The van der Waals surface area contributed by atoms with Gasteiger partial charge in [-0.25, -0.2) is 0 Å². The van der Waals surface area contributed by atoms with E-state index in [1.54, 1.807) is 0 Å². The average molecular weight is 324 g/mol. The Bertz CT molecular complexity index is 617. The number of fused-ring (bicyclic) bond motifs is 2. The van der Waals surface area contributed by atoms with E-state index in [1.807, 2.05) is 11.8 Å². The lowest BCUT2D eigenvalue weighted by Crippen LogP contribution is -2.34. The zero-order chi connectivity index (χ0) is 15.5. The lowest BCUT2D eigenvalue weighted by molar-refractivity contribution is 0.292. The average Bonchev–Trinajstić information content (AvgIpc) is 2.87. The molecule has 120 valence electrons. The highest BCUT2D eigenvalue weighted by molar-refractivity contribution is 7.99. The molecule has 2 aromatic carbocycles. The molecule has 0 radical (unpaired) electrons. The van der Waals surface area contributed by atoms with Crippen LogP contribution >= 0.6 is 11.8 Å². The summed E-state index contributed by atoms with van der Waals surface area (Å²) in [7, 11) is 0. The summed E-state index contributed by atoms with van der Waals surface area (Å²) in [6.07, 6.45) is 5.54. The van der Waals surface area contributed by atoms with Gasteiger partial charge in [0.05, 0.1) is 11.4 Å². The molecule has 0 amide bonds. The van der Waals surface area contributed by atoms with Gasteiger partial charge in [-0.2, -0.15) is 0 Å². The van der Waals surface area contributed by atoms with Gasteiger partial charge in [-0.15, -0.1) is 0 Å². The Morgan fingerprint density at radius 3 is 1.87 bits per heavy atom. The Hall–Kier alpha value is -1.45. The van der Waals surface area contributed by atoms with E-state index < -0.39 is 0 Å². The molecule has 0 aromatic heterocycles. The van der Waals surface area contributed by atoms with Crippen LogP contribution in [0.15, 0.2) is 58.3 Å². The van der Waals surface area contributed by atoms with Crippen molar-refractivity contribution in [2.75, 3.05) is 31.1 Å². The van der Waals surface area contributed by atoms with Gasteiger partial charge in [0.1, 0.15) is 0 Å². The van der Waals surface area contributed by atoms with Gasteiger partial charge in [0, 0.05) is 22.9 Å². The second kappa shape index (κ2) is 6.98. The maximum Gasteiger partial charge on any atom is 0.0553 e. The molecule has 0 N–H and O–H groups in total. The standard InChI is InChI=1S/C20H24N2S/c1-2-8-14-21(13-7-1)15-16-22-17-9-3-5-11-19(17)23-20-12-6-4-10-18(20)22/h3-6,9-12H,1-2,7-8,13-16H2. The van der Waals surface area contributed by atoms with Gasteiger partial charge in [0.2, 0.25) is 0 Å². The minimum absolute atomic E-state index is 1.08. The summed E-state index contributed by atoms with van der Waals surface area (Å²) in [4.78, 5) is 7.93. The Balaban J connectivity index is 1.57. The first-order valence-electron chi connectivity index (χ1n) is 8.78. The monoisotopic (exact) mass is 324 g/mol. The lowest BCUT2D eigenvalue weighted by Gasteiger charge is -2.34. The summed E-state index contributed by atoms with van der Waals surface area (Å²) in [6, 6.07) is 17.6. The molecule has 1 saturated heterocycles. The van der Waals surface area contributed by atoms with Crippen molar-refractivity contribution < 1.29 is 0 Å². The van der Waals surface area contributed by atoms with Gasteiger partial charge in [0.15, 0.2) is 0 Å². The number of rotatable bonds is 3. The van der Waals surface area contributed by atoms with Crippen LogP contribution in [0.2, 0.25) is 0 Å². The molecule has 23 heavy (non-hydrogen) atoms. The zero-order valence-corrected chi connectivity index (χ0v) is 14.4. The van der Waals surface area contributed by atoms with E-state index in [4.69, 9.17) is 0 Å². The van der Waals surface area contributed by atoms with Gasteiger partial charge in [-0.1, -0.05) is 48.9 Å². The third-order valence-electron chi connectivity index (χ3n) is 4.87. The number of para-hydroxylation sites is 2. The van der Waals surface area contributed by atoms with Gasteiger partial charge >= 0.3 is 0 Å². The van der Waals surface area contributed by atoms with Crippen LogP contribution in [0, 0.1) is 0 Å². The quantitative estimate of drug-likeness (QED) is 0.769. The van der Waals surface area contributed by atoms with Crippen molar-refractivity contribution >= 4 is 23.1 Å². The van der Waals surface area contributed by atoms with Crippen molar-refractivity contribution in [3.63, 3.8) is 0 Å². The van der Waals surface area contributed by atoms with Crippen LogP contribution in [-0.2, 0) is 0 Å². The Morgan fingerprint density at radius 2 is 1.26 bits per heavy atom. The van der Waals surface area contributed by atoms with Gasteiger partial charge in [0.25, 0.3) is 0 Å². The molecule has 2 nitrogen and oxygen atoms in total. The van der Waals surface area contributed by atoms with Gasteiger partial charge in [-0.3, -0.25) is 0 Å². The van der Waals surface area contributed by atoms with E-state index in [-0.39, 0.29) is 0 Å². The van der Waals surface area contributed by atoms with Crippen molar-refractivity contribution in [2.24, 2.45) is 0 Å². The Kier molecular flexibility index (Phi) is 4.58. The molecule has 0 aliphatic carbocycles. The van der Waals surface area contributed by atoms with Crippen LogP contribution < -0.4 is 4.90 Å². The smallest absolute Gasteiger partial charge is 0.0553 e. The number of hydrogen-bond acceptors (Lipinski definition) is 3. The summed E-state index contributed by atoms with van der Waals surface area (Å²) < 4.78 is 0. The van der Waals surface area contributed by atoms with Crippen molar-refractivity contribution in [1.29, 1.82) is 0 Å². The molecule has 2 aromatic rings. The highest BCUT2D eigenvalue weighted by atomic mass is 32.2. The second-order valence-electron chi connectivity index (χ2n) is 6.45. The number of likely N-dealkylation sites (tertiary alicyclic amines) is 1. The van der Waals surface area contributed by atoms with Gasteiger partial charge in [-0.05, 0) is 50.2 Å². The Morgan fingerprint density at radius 1 is 0.696 bits per heavy atom. The molecule has 2 aliphatic rings. The zero-order valence-electron chi connectivity index (χ0n) is 13.6. The molecule has 1 fully saturated rings. The maximum absolute atomic E-state index is 2.65. The summed E-state index contributed by atoms with van der Waals surface area (Å²) in [6.45, 7) is 4.78. The predicted molar refractivity (Wildman–Crippen MR) is 98.9 cm³/mol. The fraction of sp³-hybridized carbons (Fsp3) is 0.400. The third kappa shape index (κ3) is 3.26. The molecule has 2 heterocycles. The molecule has 0 spiro atoms. The van der Waals surface area contributed by atoms with Crippen molar-refractivity contribution in [3.8, 4) is 0 Å². The van der Waals surface area contributed by atoms with Crippen molar-refractivity contribution in [1.82, 2.24) is 4.90 Å². The minimum Gasteiger partial charge on any atom is -0.338 e. The van der Waals surface area contributed by atoms with E-state index >= 15 is 0 Å². The molecule has 0 unspecified atom stereocenters. The normalized spacial score (nSPS) is 18.2. The molecule has 4 rings (SSSR count). The summed E-state index contributed by atoms with van der Waals surface area (Å²) >= 11 is 1.90. The first-order chi connectivity index (χ1) is 11.4. The van der Waals surface area contributed by atoms with Crippen LogP contribution in [0.3, 0.4) is 0 Å². The van der Waals surface area contributed by atoms with Crippen LogP contribution in [-0.4, -0.2) is 31.1 Å². The fourth-order valence-corrected chi connectivity index (χ4v) is 4.72. The summed E-state index contributed by atoms with van der Waals surface area (Å²) in [5.74, 6) is 0. The van der Waals surface area contributed by atoms with Crippen LogP contribution in [0.25, 0.3) is 0 Å². The van der Waals surface area contributed by atoms with Crippen molar-refractivity contribution in [3.05, 3.63) is 48.5 Å². The molecule has 0 saturated carbocycles. The Labute approximate surface area is 143 Å². The molecule has 0 bridgehead atoms. The number of anilines is 2. The number of hydrogen-bond donors (Lipinski definition) is 0. The number of nitrogens with zero attached hydrogens (tertiary/aromatic N) is 2. The van der Waals surface area contributed by atoms with Crippen LogP contribution in [0.5, 0.6) is 0 Å². The molecule has 2 aliphatic heterocycles. The van der Waals surface area contributed by atoms with E-state index in [0.29, 0.717) is 0 Å². The topological polar surface area (TPSA) is 6.48 Å². The molecular formula is C20H24N2S. The summed E-state index contributed by atoms with van der Waals surface area (Å²) in [5.41, 5.74) is 2.73. The van der Waals surface area contributed by atoms with Gasteiger partial charge < -0.3 is 9.80 Å². The van der Waals surface area contributed by atoms with E-state index in [1.165, 1.54) is 59.9 Å². The molecule has 0 atom stereocenters.